The zero-order chi connectivity index (χ0) is 14.1. The van der Waals surface area contributed by atoms with Gasteiger partial charge in [-0.25, -0.2) is 4.79 Å². The fraction of sp³-hybridized carbons (Fsp3) is 0.357. The van der Waals surface area contributed by atoms with Crippen molar-refractivity contribution in [2.24, 2.45) is 5.73 Å². The summed E-state index contributed by atoms with van der Waals surface area (Å²) in [5, 5.41) is 8.82. The van der Waals surface area contributed by atoms with Crippen LogP contribution in [0.5, 0.6) is 0 Å². The monoisotopic (exact) mass is 261 g/mol. The lowest BCUT2D eigenvalue weighted by Crippen LogP contribution is -1.98. The van der Waals surface area contributed by atoms with E-state index >= 15 is 0 Å². The molecule has 0 unspecified atom stereocenters. The maximum Gasteiger partial charge on any atom is 0.337 e. The van der Waals surface area contributed by atoms with Crippen LogP contribution in [-0.4, -0.2) is 27.6 Å². The summed E-state index contributed by atoms with van der Waals surface area (Å²) in [4.78, 5) is 18.7. The van der Waals surface area contributed by atoms with E-state index in [1.807, 2.05) is 0 Å². The molecule has 5 heteroatoms. The predicted molar refractivity (Wildman–Crippen MR) is 75.1 cm³/mol. The molecular weight excluding hydrogens is 242 g/mol. The molecule has 0 spiro atoms. The highest BCUT2D eigenvalue weighted by Gasteiger charge is 2.08. The van der Waals surface area contributed by atoms with E-state index in [1.165, 1.54) is 37.7 Å². The van der Waals surface area contributed by atoms with Gasteiger partial charge >= 0.3 is 5.97 Å². The Morgan fingerprint density at radius 3 is 2.58 bits per heavy atom. The standard InChI is InChI=1S/C9H6N2O2.C5H13N/c12-9(13)6-2-1-3-7-8(6)11-5-4-10-7;1-2-3-4-5-6/h1-5H,(H,12,13);2-6H2,1H3. The van der Waals surface area contributed by atoms with E-state index in [1.54, 1.807) is 12.1 Å². The summed E-state index contributed by atoms with van der Waals surface area (Å²) < 4.78 is 0. The van der Waals surface area contributed by atoms with Gasteiger partial charge in [0, 0.05) is 12.4 Å². The second-order valence-electron chi connectivity index (χ2n) is 4.03. The molecule has 2 aromatic rings. The third-order valence-corrected chi connectivity index (χ3v) is 2.54. The molecule has 0 radical (unpaired) electrons. The SMILES string of the molecule is CCCCCN.O=C(O)c1cccc2nccnc12. The van der Waals surface area contributed by atoms with Gasteiger partial charge in [-0.3, -0.25) is 9.97 Å². The number of nitrogens with zero attached hydrogens (tertiary/aromatic N) is 2. The van der Waals surface area contributed by atoms with Gasteiger partial charge in [-0.05, 0) is 25.1 Å². The van der Waals surface area contributed by atoms with E-state index < -0.39 is 5.97 Å². The lowest BCUT2D eigenvalue weighted by molar-refractivity contribution is 0.0699. The quantitative estimate of drug-likeness (QED) is 0.825. The number of nitrogens with two attached hydrogens (primary N) is 1. The minimum atomic E-state index is -0.980. The summed E-state index contributed by atoms with van der Waals surface area (Å²) >= 11 is 0. The molecule has 0 saturated heterocycles. The van der Waals surface area contributed by atoms with Crippen LogP contribution in [0, 0.1) is 0 Å². The number of fused-ring (bicyclic) bond motifs is 1. The van der Waals surface area contributed by atoms with E-state index in [2.05, 4.69) is 16.9 Å². The number of aromatic carboxylic acids is 1. The predicted octanol–water partition coefficient (Wildman–Crippen LogP) is 2.46. The van der Waals surface area contributed by atoms with Crippen LogP contribution in [0.4, 0.5) is 0 Å². The molecule has 102 valence electrons. The Morgan fingerprint density at radius 2 is 2.00 bits per heavy atom. The molecule has 0 bridgehead atoms. The first-order valence-corrected chi connectivity index (χ1v) is 6.33. The molecule has 1 aromatic carbocycles. The number of hydrogen-bond acceptors (Lipinski definition) is 4. The fourth-order valence-corrected chi connectivity index (χ4v) is 1.56. The smallest absolute Gasteiger partial charge is 0.337 e. The van der Waals surface area contributed by atoms with Crippen molar-refractivity contribution in [3.63, 3.8) is 0 Å². The summed E-state index contributed by atoms with van der Waals surface area (Å²) in [6.45, 7) is 3.03. The van der Waals surface area contributed by atoms with Gasteiger partial charge in [0.25, 0.3) is 0 Å². The van der Waals surface area contributed by atoms with Gasteiger partial charge in [-0.2, -0.15) is 0 Å². The summed E-state index contributed by atoms with van der Waals surface area (Å²) in [5.41, 5.74) is 6.43. The Morgan fingerprint density at radius 1 is 1.26 bits per heavy atom. The van der Waals surface area contributed by atoms with E-state index in [0.29, 0.717) is 11.0 Å². The molecule has 0 fully saturated rings. The molecule has 1 heterocycles. The fourth-order valence-electron chi connectivity index (χ4n) is 1.56. The van der Waals surface area contributed by atoms with Gasteiger partial charge in [0.2, 0.25) is 0 Å². The molecule has 2 rings (SSSR count). The first-order valence-electron chi connectivity index (χ1n) is 6.33. The lowest BCUT2D eigenvalue weighted by Gasteiger charge is -1.98. The number of benzene rings is 1. The highest BCUT2D eigenvalue weighted by molar-refractivity contribution is 6.00. The van der Waals surface area contributed by atoms with Crippen LogP contribution in [-0.2, 0) is 0 Å². The van der Waals surface area contributed by atoms with E-state index in [9.17, 15) is 4.79 Å². The Kier molecular flexibility index (Phi) is 6.46. The van der Waals surface area contributed by atoms with Crippen molar-refractivity contribution in [2.75, 3.05) is 6.54 Å². The molecule has 0 aliphatic rings. The zero-order valence-electron chi connectivity index (χ0n) is 11.0. The van der Waals surface area contributed by atoms with Crippen molar-refractivity contribution in [2.45, 2.75) is 26.2 Å². The third-order valence-electron chi connectivity index (χ3n) is 2.54. The van der Waals surface area contributed by atoms with Crippen LogP contribution in [0.15, 0.2) is 30.6 Å². The number of rotatable bonds is 4. The highest BCUT2D eigenvalue weighted by atomic mass is 16.4. The second-order valence-corrected chi connectivity index (χ2v) is 4.03. The molecule has 0 aliphatic carbocycles. The summed E-state index contributed by atoms with van der Waals surface area (Å²) in [5.74, 6) is -0.980. The normalized spacial score (nSPS) is 9.79. The van der Waals surface area contributed by atoms with Gasteiger partial charge in [-0.15, -0.1) is 0 Å². The number of hydrogen-bond donors (Lipinski definition) is 2. The summed E-state index contributed by atoms with van der Waals surface area (Å²) in [6.07, 6.45) is 6.77. The number of unbranched alkanes of at least 4 members (excludes halogenated alkanes) is 2. The number of carboxylic acid groups (broad SMARTS) is 1. The van der Waals surface area contributed by atoms with Gasteiger partial charge in [0.05, 0.1) is 11.1 Å². The molecule has 0 atom stereocenters. The van der Waals surface area contributed by atoms with Crippen LogP contribution in [0.2, 0.25) is 0 Å². The van der Waals surface area contributed by atoms with Crippen molar-refractivity contribution >= 4 is 17.0 Å². The summed E-state index contributed by atoms with van der Waals surface area (Å²) in [6, 6.07) is 4.90. The third kappa shape index (κ3) is 4.63. The Bertz CT molecular complexity index is 520. The van der Waals surface area contributed by atoms with Crippen LogP contribution >= 0.6 is 0 Å². The van der Waals surface area contributed by atoms with Gasteiger partial charge < -0.3 is 10.8 Å². The minimum absolute atomic E-state index is 0.186. The largest absolute Gasteiger partial charge is 0.478 e. The molecule has 0 amide bonds. The summed E-state index contributed by atoms with van der Waals surface area (Å²) in [7, 11) is 0. The second kappa shape index (κ2) is 8.16. The van der Waals surface area contributed by atoms with Gasteiger partial charge in [-0.1, -0.05) is 25.8 Å². The molecule has 1 aromatic heterocycles. The molecule has 3 N–H and O–H groups in total. The zero-order valence-corrected chi connectivity index (χ0v) is 11.0. The number of para-hydroxylation sites is 1. The Labute approximate surface area is 112 Å². The van der Waals surface area contributed by atoms with E-state index in [0.717, 1.165) is 6.54 Å². The number of aromatic nitrogens is 2. The number of carbonyl (C=O) groups is 1. The topological polar surface area (TPSA) is 89.1 Å². The molecule has 0 aliphatic heterocycles. The molecule has 5 nitrogen and oxygen atoms in total. The van der Waals surface area contributed by atoms with Crippen LogP contribution < -0.4 is 5.73 Å². The average Bonchev–Trinajstić information content (AvgIpc) is 2.45. The first kappa shape index (κ1) is 15.0. The van der Waals surface area contributed by atoms with Gasteiger partial charge in [0.15, 0.2) is 0 Å². The first-order chi connectivity index (χ1) is 9.20. The van der Waals surface area contributed by atoms with E-state index in [4.69, 9.17) is 10.8 Å². The van der Waals surface area contributed by atoms with Crippen molar-refractivity contribution in [1.29, 1.82) is 0 Å². The minimum Gasteiger partial charge on any atom is -0.478 e. The highest BCUT2D eigenvalue weighted by Crippen LogP contribution is 2.12. The van der Waals surface area contributed by atoms with Crippen LogP contribution in [0.25, 0.3) is 11.0 Å². The van der Waals surface area contributed by atoms with E-state index in [-0.39, 0.29) is 5.56 Å². The van der Waals surface area contributed by atoms with Crippen molar-refractivity contribution in [1.82, 2.24) is 9.97 Å². The van der Waals surface area contributed by atoms with Crippen molar-refractivity contribution in [3.8, 4) is 0 Å². The molecular formula is C14H19N3O2. The van der Waals surface area contributed by atoms with Gasteiger partial charge in [0.1, 0.15) is 5.52 Å². The maximum atomic E-state index is 10.7. The van der Waals surface area contributed by atoms with Crippen LogP contribution in [0.1, 0.15) is 36.5 Å². The van der Waals surface area contributed by atoms with Crippen molar-refractivity contribution < 1.29 is 9.90 Å². The van der Waals surface area contributed by atoms with Crippen molar-refractivity contribution in [3.05, 3.63) is 36.2 Å². The Hall–Kier alpha value is -2.01. The number of carboxylic acids is 1. The van der Waals surface area contributed by atoms with Crippen LogP contribution in [0.3, 0.4) is 0 Å². The molecule has 0 saturated carbocycles. The lowest BCUT2D eigenvalue weighted by atomic mass is 10.2. The molecule has 19 heavy (non-hydrogen) atoms. The average molecular weight is 261 g/mol. The maximum absolute atomic E-state index is 10.7. The Balaban J connectivity index is 0.000000258.